The van der Waals surface area contributed by atoms with E-state index in [0.717, 1.165) is 64.1 Å². The molecule has 5 nitrogen and oxygen atoms in total. The van der Waals surface area contributed by atoms with Gasteiger partial charge >= 0.3 is 0 Å². The van der Waals surface area contributed by atoms with Crippen molar-refractivity contribution in [2.75, 3.05) is 6.54 Å². The van der Waals surface area contributed by atoms with Crippen LogP contribution in [0.3, 0.4) is 0 Å². The van der Waals surface area contributed by atoms with Crippen LogP contribution < -0.4 is 0 Å². The van der Waals surface area contributed by atoms with E-state index in [9.17, 15) is 14.4 Å². The van der Waals surface area contributed by atoms with E-state index in [2.05, 4.69) is 26.0 Å². The minimum atomic E-state index is -0.438. The summed E-state index contributed by atoms with van der Waals surface area (Å²) in [5.41, 5.74) is -0.263. The lowest BCUT2D eigenvalue weighted by molar-refractivity contribution is -0.143. The van der Waals surface area contributed by atoms with E-state index in [0.29, 0.717) is 6.54 Å². The molecule has 3 aliphatic heterocycles. The zero-order chi connectivity index (χ0) is 21.7. The van der Waals surface area contributed by atoms with E-state index in [4.69, 9.17) is 4.74 Å². The highest BCUT2D eigenvalue weighted by Gasteiger charge is 2.55. The zero-order valence-electron chi connectivity index (χ0n) is 19.0. The topological polar surface area (TPSA) is 63.7 Å². The van der Waals surface area contributed by atoms with Crippen LogP contribution in [0.25, 0.3) is 0 Å². The molecule has 5 atom stereocenters. The Kier molecular flexibility index (Phi) is 7.89. The highest BCUT2D eigenvalue weighted by molar-refractivity contribution is 5.92. The summed E-state index contributed by atoms with van der Waals surface area (Å²) >= 11 is 0. The van der Waals surface area contributed by atoms with Gasteiger partial charge in [0.1, 0.15) is 6.29 Å². The van der Waals surface area contributed by atoms with Gasteiger partial charge in [-0.1, -0.05) is 31.9 Å². The van der Waals surface area contributed by atoms with Gasteiger partial charge in [0.2, 0.25) is 5.91 Å². The van der Waals surface area contributed by atoms with Crippen LogP contribution in [-0.4, -0.2) is 47.2 Å². The third-order valence-corrected chi connectivity index (χ3v) is 7.10. The molecule has 0 N–H and O–H groups in total. The summed E-state index contributed by atoms with van der Waals surface area (Å²) in [5, 5.41) is 0. The van der Waals surface area contributed by atoms with Gasteiger partial charge < -0.3 is 14.4 Å². The number of ketones is 1. The average Bonchev–Trinajstić information content (AvgIpc) is 3.18. The Morgan fingerprint density at radius 1 is 1.07 bits per heavy atom. The quantitative estimate of drug-likeness (QED) is 0.466. The fourth-order valence-electron chi connectivity index (χ4n) is 5.53. The van der Waals surface area contributed by atoms with Gasteiger partial charge in [-0.05, 0) is 58.8 Å². The van der Waals surface area contributed by atoms with Crippen molar-refractivity contribution in [3.8, 4) is 0 Å². The third-order valence-electron chi connectivity index (χ3n) is 7.10. The smallest absolute Gasteiger partial charge is 0.226 e. The minimum Gasteiger partial charge on any atom is -0.370 e. The summed E-state index contributed by atoms with van der Waals surface area (Å²) in [7, 11) is 0. The number of fused-ring (bicyclic) bond motifs is 3. The maximum atomic E-state index is 13.4. The molecule has 0 aromatic carbocycles. The van der Waals surface area contributed by atoms with Gasteiger partial charge in [-0.2, -0.15) is 0 Å². The second-order valence-corrected chi connectivity index (χ2v) is 10.2. The molecule has 0 aliphatic carbocycles. The normalized spacial score (nSPS) is 37.3. The third kappa shape index (κ3) is 5.60. The van der Waals surface area contributed by atoms with Crippen LogP contribution in [0.5, 0.6) is 0 Å². The van der Waals surface area contributed by atoms with Crippen LogP contribution >= 0.6 is 0 Å². The number of rotatable bonds is 1. The van der Waals surface area contributed by atoms with Crippen molar-refractivity contribution in [2.24, 2.45) is 17.8 Å². The van der Waals surface area contributed by atoms with Crippen LogP contribution in [0, 0.1) is 17.8 Å². The number of amides is 1. The van der Waals surface area contributed by atoms with E-state index in [1.54, 1.807) is 4.90 Å². The molecule has 5 heteroatoms. The van der Waals surface area contributed by atoms with Crippen LogP contribution in [-0.2, 0) is 19.1 Å². The standard InChI is InChI=1S/C25H39NO4/c1-18-12-10-8-6-4-5-7-9-11-13-19(17-27)14-21(28)23-20-15-25(2,3)30-22(20)16-26(23)24(18)29/h4-5,17-20,22-23H,6-16H2,1-3H3/b5-4+/t18-,19+,20-,22?,23-/m0/s1. The lowest BCUT2D eigenvalue weighted by Gasteiger charge is -2.31. The summed E-state index contributed by atoms with van der Waals surface area (Å²) in [4.78, 5) is 40.2. The number of aldehydes is 1. The van der Waals surface area contributed by atoms with E-state index < -0.39 is 6.04 Å². The van der Waals surface area contributed by atoms with Crippen molar-refractivity contribution in [2.45, 2.75) is 103 Å². The molecule has 3 rings (SSSR count). The Morgan fingerprint density at radius 3 is 2.40 bits per heavy atom. The molecule has 1 unspecified atom stereocenters. The SMILES string of the molecule is C[C@H]1CCCC/C=C/CCCC[C@@H](C=O)CC(=O)[C@@H]2[C@H]3CC(C)(C)OC3CN2C1=O. The number of carbonyl (C=O) groups excluding carboxylic acids is 3. The van der Waals surface area contributed by atoms with Crippen molar-refractivity contribution in [1.29, 1.82) is 0 Å². The monoisotopic (exact) mass is 417 g/mol. The number of hydrogen-bond donors (Lipinski definition) is 0. The summed E-state index contributed by atoms with van der Waals surface area (Å²) in [5.74, 6) is -0.172. The number of hydrogen-bond acceptors (Lipinski definition) is 4. The Morgan fingerprint density at radius 2 is 1.73 bits per heavy atom. The minimum absolute atomic E-state index is 0.0437. The van der Waals surface area contributed by atoms with Crippen molar-refractivity contribution in [3.63, 3.8) is 0 Å². The molecule has 0 aromatic rings. The van der Waals surface area contributed by atoms with Gasteiger partial charge in [0.15, 0.2) is 5.78 Å². The number of allylic oxidation sites excluding steroid dienone is 2. The summed E-state index contributed by atoms with van der Waals surface area (Å²) in [6.45, 7) is 6.61. The molecule has 30 heavy (non-hydrogen) atoms. The lowest BCUT2D eigenvalue weighted by Crippen LogP contribution is -2.46. The van der Waals surface area contributed by atoms with Crippen molar-refractivity contribution < 1.29 is 19.1 Å². The number of ether oxygens (including phenoxy) is 1. The molecular weight excluding hydrogens is 378 g/mol. The highest BCUT2D eigenvalue weighted by Crippen LogP contribution is 2.44. The molecule has 2 fully saturated rings. The largest absolute Gasteiger partial charge is 0.370 e. The first-order valence-corrected chi connectivity index (χ1v) is 11.9. The first kappa shape index (κ1) is 23.2. The van der Waals surface area contributed by atoms with Gasteiger partial charge in [0.25, 0.3) is 0 Å². The number of carbonyl (C=O) groups is 3. The lowest BCUT2D eigenvalue weighted by atomic mass is 9.85. The van der Waals surface area contributed by atoms with Crippen molar-refractivity contribution in [1.82, 2.24) is 4.90 Å². The zero-order valence-corrected chi connectivity index (χ0v) is 19.0. The second kappa shape index (κ2) is 10.2. The predicted octanol–water partition coefficient (Wildman–Crippen LogP) is 4.48. The first-order chi connectivity index (χ1) is 14.3. The Balaban J connectivity index is 1.79. The number of Topliss-reactive ketones (excluding diaryl/α,β-unsaturated/α-hetero) is 1. The Hall–Kier alpha value is -1.49. The highest BCUT2D eigenvalue weighted by atomic mass is 16.5. The summed E-state index contributed by atoms with van der Waals surface area (Å²) in [6, 6.07) is -0.438. The van der Waals surface area contributed by atoms with Crippen molar-refractivity contribution in [3.05, 3.63) is 12.2 Å². The van der Waals surface area contributed by atoms with Crippen LogP contribution in [0.15, 0.2) is 12.2 Å². The van der Waals surface area contributed by atoms with Gasteiger partial charge in [-0.25, -0.2) is 0 Å². The van der Waals surface area contributed by atoms with Gasteiger partial charge in [0, 0.05) is 30.7 Å². The van der Waals surface area contributed by atoms with E-state index >= 15 is 0 Å². The maximum absolute atomic E-state index is 13.4. The molecule has 2 saturated heterocycles. The molecule has 3 heterocycles. The maximum Gasteiger partial charge on any atom is 0.226 e. The molecule has 0 aromatic heterocycles. The van der Waals surface area contributed by atoms with Gasteiger partial charge in [-0.3, -0.25) is 9.59 Å². The second-order valence-electron chi connectivity index (χ2n) is 10.2. The predicted molar refractivity (Wildman–Crippen MR) is 117 cm³/mol. The van der Waals surface area contributed by atoms with Crippen LogP contribution in [0.4, 0.5) is 0 Å². The van der Waals surface area contributed by atoms with E-state index in [1.165, 1.54) is 0 Å². The van der Waals surface area contributed by atoms with Crippen LogP contribution in [0.2, 0.25) is 0 Å². The van der Waals surface area contributed by atoms with Crippen LogP contribution in [0.1, 0.15) is 85.0 Å². The molecule has 0 spiro atoms. The summed E-state index contributed by atoms with van der Waals surface area (Å²) in [6.07, 6.45) is 14.1. The fraction of sp³-hybridized carbons (Fsp3) is 0.800. The Labute approximate surface area is 181 Å². The molecule has 168 valence electrons. The van der Waals surface area contributed by atoms with Gasteiger partial charge in [0.05, 0.1) is 17.7 Å². The van der Waals surface area contributed by atoms with E-state index in [-0.39, 0.29) is 47.6 Å². The molecule has 0 bridgehead atoms. The first-order valence-electron chi connectivity index (χ1n) is 11.9. The Bertz CT molecular complexity index is 656. The average molecular weight is 418 g/mol. The van der Waals surface area contributed by atoms with E-state index in [1.807, 2.05) is 6.92 Å². The van der Waals surface area contributed by atoms with Crippen molar-refractivity contribution >= 4 is 18.0 Å². The molecule has 0 saturated carbocycles. The molecular formula is C25H39NO4. The molecule has 0 radical (unpaired) electrons. The summed E-state index contributed by atoms with van der Waals surface area (Å²) < 4.78 is 6.21. The fourth-order valence-corrected chi connectivity index (χ4v) is 5.53. The molecule has 3 aliphatic rings. The number of nitrogens with zero attached hydrogens (tertiary/aromatic N) is 1. The molecule has 1 amide bonds. The van der Waals surface area contributed by atoms with Gasteiger partial charge in [-0.15, -0.1) is 0 Å².